The van der Waals surface area contributed by atoms with Crippen LogP contribution in [0.5, 0.6) is 0 Å². The highest BCUT2D eigenvalue weighted by Gasteiger charge is 2.16. The van der Waals surface area contributed by atoms with Gasteiger partial charge in [0.2, 0.25) is 0 Å². The molecule has 0 atom stereocenters. The predicted octanol–water partition coefficient (Wildman–Crippen LogP) is 1.19. The summed E-state index contributed by atoms with van der Waals surface area (Å²) in [7, 11) is 2.74. The lowest BCUT2D eigenvalue weighted by molar-refractivity contribution is -0.135. The summed E-state index contributed by atoms with van der Waals surface area (Å²) < 4.78 is 9.27. The fourth-order valence-corrected chi connectivity index (χ4v) is 1.18. The molecule has 15 heavy (non-hydrogen) atoms. The molecule has 0 bridgehead atoms. The van der Waals surface area contributed by atoms with Crippen molar-refractivity contribution in [3.8, 4) is 0 Å². The minimum Gasteiger partial charge on any atom is -0.463 e. The molecule has 1 aromatic carbocycles. The van der Waals surface area contributed by atoms with Crippen LogP contribution in [0.3, 0.4) is 0 Å². The van der Waals surface area contributed by atoms with Crippen LogP contribution < -0.4 is 0 Å². The van der Waals surface area contributed by atoms with E-state index in [9.17, 15) is 9.59 Å². The van der Waals surface area contributed by atoms with Gasteiger partial charge in [-0.15, -0.1) is 0 Å². The van der Waals surface area contributed by atoms with Crippen LogP contribution in [-0.4, -0.2) is 26.0 Å². The van der Waals surface area contributed by atoms with E-state index in [4.69, 9.17) is 4.74 Å². The Labute approximate surface area is 87.8 Å². The fourth-order valence-electron chi connectivity index (χ4n) is 1.18. The number of carbonyl (C=O) groups excluding carboxylic acids is 2. The van der Waals surface area contributed by atoms with E-state index in [0.717, 1.165) is 5.56 Å². The molecule has 80 valence electrons. The molecule has 1 aromatic rings. The topological polar surface area (TPSA) is 52.6 Å². The zero-order valence-electron chi connectivity index (χ0n) is 8.65. The first-order valence-electron chi connectivity index (χ1n) is 4.39. The van der Waals surface area contributed by atoms with Crippen LogP contribution >= 0.6 is 0 Å². The van der Waals surface area contributed by atoms with Gasteiger partial charge in [-0.25, -0.2) is 4.79 Å². The Balaban J connectivity index is 2.90. The lowest BCUT2D eigenvalue weighted by atomic mass is 10.1. The highest BCUT2D eigenvalue weighted by atomic mass is 16.5. The van der Waals surface area contributed by atoms with Gasteiger partial charge >= 0.3 is 5.97 Å². The Kier molecular flexibility index (Phi) is 4.00. The molecule has 0 amide bonds. The number of methoxy groups -OCH3 is 2. The first-order chi connectivity index (χ1) is 7.19. The van der Waals surface area contributed by atoms with Crippen LogP contribution in [0, 0.1) is 0 Å². The van der Waals surface area contributed by atoms with Gasteiger partial charge in [0, 0.05) is 12.7 Å². The summed E-state index contributed by atoms with van der Waals surface area (Å²) in [5.74, 6) is -1.50. The summed E-state index contributed by atoms with van der Waals surface area (Å²) >= 11 is 0. The van der Waals surface area contributed by atoms with Gasteiger partial charge in [0.05, 0.1) is 13.7 Å². The Morgan fingerprint density at radius 3 is 2.60 bits per heavy atom. The van der Waals surface area contributed by atoms with Crippen molar-refractivity contribution in [1.29, 1.82) is 0 Å². The average Bonchev–Trinajstić information content (AvgIpc) is 2.28. The smallest absolute Gasteiger partial charge is 0.379 e. The zero-order valence-corrected chi connectivity index (χ0v) is 8.65. The number of hydrogen-bond donors (Lipinski definition) is 0. The second-order valence-electron chi connectivity index (χ2n) is 2.95. The molecule has 0 aliphatic heterocycles. The molecule has 0 aromatic heterocycles. The SMILES string of the molecule is COCc1cccc(C(=O)C(=O)OC)c1. The second-order valence-corrected chi connectivity index (χ2v) is 2.95. The standard InChI is InChI=1S/C11H12O4/c1-14-7-8-4-3-5-9(6-8)10(12)11(13)15-2/h3-6H,7H2,1-2H3. The molecule has 4 nitrogen and oxygen atoms in total. The van der Waals surface area contributed by atoms with E-state index >= 15 is 0 Å². The van der Waals surface area contributed by atoms with Gasteiger partial charge in [0.25, 0.3) is 5.78 Å². The molecule has 0 spiro atoms. The normalized spacial score (nSPS) is 9.73. The number of hydrogen-bond acceptors (Lipinski definition) is 4. The number of ether oxygens (including phenoxy) is 2. The van der Waals surface area contributed by atoms with E-state index < -0.39 is 11.8 Å². The molecule has 0 saturated carbocycles. The van der Waals surface area contributed by atoms with Crippen LogP contribution in [0.25, 0.3) is 0 Å². The number of carbonyl (C=O) groups is 2. The van der Waals surface area contributed by atoms with Gasteiger partial charge in [-0.05, 0) is 11.6 Å². The zero-order chi connectivity index (χ0) is 11.3. The summed E-state index contributed by atoms with van der Waals surface area (Å²) in [4.78, 5) is 22.4. The van der Waals surface area contributed by atoms with Gasteiger partial charge in [-0.1, -0.05) is 18.2 Å². The van der Waals surface area contributed by atoms with Crippen molar-refractivity contribution >= 4 is 11.8 Å². The minimum absolute atomic E-state index is 0.316. The van der Waals surface area contributed by atoms with Crippen molar-refractivity contribution < 1.29 is 19.1 Å². The molecule has 0 saturated heterocycles. The lowest BCUT2D eigenvalue weighted by Gasteiger charge is -2.02. The van der Waals surface area contributed by atoms with E-state index in [-0.39, 0.29) is 0 Å². The van der Waals surface area contributed by atoms with Crippen LogP contribution in [0.15, 0.2) is 24.3 Å². The summed E-state index contributed by atoms with van der Waals surface area (Å²) in [6, 6.07) is 6.70. The molecular weight excluding hydrogens is 196 g/mol. The molecule has 0 unspecified atom stereocenters. The van der Waals surface area contributed by atoms with Crippen molar-refractivity contribution in [2.75, 3.05) is 14.2 Å². The quantitative estimate of drug-likeness (QED) is 0.423. The first-order valence-corrected chi connectivity index (χ1v) is 4.39. The first kappa shape index (κ1) is 11.4. The predicted molar refractivity (Wildman–Crippen MR) is 53.5 cm³/mol. The molecule has 0 aliphatic carbocycles. The van der Waals surface area contributed by atoms with Crippen molar-refractivity contribution in [3.63, 3.8) is 0 Å². The molecular formula is C11H12O4. The molecule has 1 rings (SSSR count). The average molecular weight is 208 g/mol. The van der Waals surface area contributed by atoms with Crippen molar-refractivity contribution in [1.82, 2.24) is 0 Å². The van der Waals surface area contributed by atoms with Gasteiger partial charge in [0.1, 0.15) is 0 Å². The lowest BCUT2D eigenvalue weighted by Crippen LogP contribution is -2.15. The molecule has 0 aliphatic rings. The minimum atomic E-state index is -0.857. The number of ketones is 1. The summed E-state index contributed by atoms with van der Waals surface area (Å²) in [5.41, 5.74) is 1.16. The number of rotatable bonds is 4. The van der Waals surface area contributed by atoms with E-state index in [1.165, 1.54) is 7.11 Å². The fraction of sp³-hybridized carbons (Fsp3) is 0.273. The highest BCUT2D eigenvalue weighted by molar-refractivity contribution is 6.40. The largest absolute Gasteiger partial charge is 0.463 e. The van der Waals surface area contributed by atoms with Crippen molar-refractivity contribution in [2.24, 2.45) is 0 Å². The van der Waals surface area contributed by atoms with Gasteiger partial charge in [0.15, 0.2) is 0 Å². The number of esters is 1. The van der Waals surface area contributed by atoms with Gasteiger partial charge in [-0.3, -0.25) is 4.79 Å². The number of Topliss-reactive ketones (excluding diaryl/α,β-unsaturated/α-hetero) is 1. The molecule has 4 heteroatoms. The highest BCUT2D eigenvalue weighted by Crippen LogP contribution is 2.07. The maximum atomic E-state index is 11.4. The Bertz CT molecular complexity index is 371. The van der Waals surface area contributed by atoms with Crippen LogP contribution in [-0.2, 0) is 20.9 Å². The Hall–Kier alpha value is -1.68. The Morgan fingerprint density at radius 1 is 1.27 bits per heavy atom. The van der Waals surface area contributed by atoms with Crippen molar-refractivity contribution in [3.05, 3.63) is 35.4 Å². The maximum Gasteiger partial charge on any atom is 0.379 e. The van der Waals surface area contributed by atoms with Crippen LogP contribution in [0.2, 0.25) is 0 Å². The summed E-state index contributed by atoms with van der Waals surface area (Å²) in [5, 5.41) is 0. The third-order valence-electron chi connectivity index (χ3n) is 1.87. The van der Waals surface area contributed by atoms with Gasteiger partial charge < -0.3 is 9.47 Å². The monoisotopic (exact) mass is 208 g/mol. The van der Waals surface area contributed by atoms with E-state index in [1.54, 1.807) is 25.3 Å². The third-order valence-corrected chi connectivity index (χ3v) is 1.87. The van der Waals surface area contributed by atoms with E-state index in [0.29, 0.717) is 12.2 Å². The van der Waals surface area contributed by atoms with E-state index in [1.807, 2.05) is 6.07 Å². The third kappa shape index (κ3) is 2.89. The molecule has 0 heterocycles. The summed E-state index contributed by atoms with van der Waals surface area (Å²) in [6.07, 6.45) is 0. The van der Waals surface area contributed by atoms with Crippen LogP contribution in [0.4, 0.5) is 0 Å². The second kappa shape index (κ2) is 5.26. The molecule has 0 fully saturated rings. The van der Waals surface area contributed by atoms with Crippen molar-refractivity contribution in [2.45, 2.75) is 6.61 Å². The molecule has 0 N–H and O–H groups in total. The molecule has 0 radical (unpaired) electrons. The van der Waals surface area contributed by atoms with Gasteiger partial charge in [-0.2, -0.15) is 0 Å². The van der Waals surface area contributed by atoms with E-state index in [2.05, 4.69) is 4.74 Å². The summed E-state index contributed by atoms with van der Waals surface area (Å²) in [6.45, 7) is 0.405. The Morgan fingerprint density at radius 2 is 2.00 bits per heavy atom. The number of benzene rings is 1. The maximum absolute atomic E-state index is 11.4. The van der Waals surface area contributed by atoms with Crippen LogP contribution in [0.1, 0.15) is 15.9 Å².